The zero-order valence-corrected chi connectivity index (χ0v) is 12.9. The Balaban J connectivity index is 1.97. The monoisotopic (exact) mass is 261 g/mol. The Hall–Kier alpha value is -1.02. The molecular weight excluding hydrogens is 234 g/mol. The summed E-state index contributed by atoms with van der Waals surface area (Å²) in [6.45, 7) is 9.02. The summed E-state index contributed by atoms with van der Waals surface area (Å²) in [5, 5.41) is 3.74. The highest BCUT2D eigenvalue weighted by Crippen LogP contribution is 2.36. The first-order chi connectivity index (χ1) is 9.01. The van der Waals surface area contributed by atoms with Crippen molar-refractivity contribution in [3.8, 4) is 5.75 Å². The van der Waals surface area contributed by atoms with Crippen LogP contribution in [0.2, 0.25) is 0 Å². The zero-order chi connectivity index (χ0) is 14.0. The fourth-order valence-electron chi connectivity index (χ4n) is 2.98. The van der Waals surface area contributed by atoms with Gasteiger partial charge in [0.1, 0.15) is 5.75 Å². The van der Waals surface area contributed by atoms with Gasteiger partial charge in [0, 0.05) is 17.6 Å². The Kier molecular flexibility index (Phi) is 4.51. The summed E-state index contributed by atoms with van der Waals surface area (Å²) in [4.78, 5) is 0. The standard InChI is InChI=1S/C17H27NO/c1-11(2)14-9-15(10-14)18-13(4)16-8-12(3)6-7-17(16)19-5/h6-8,11,13-15,18H,9-10H2,1-5H3. The molecular formula is C17H27NO. The van der Waals surface area contributed by atoms with Gasteiger partial charge in [-0.15, -0.1) is 0 Å². The molecule has 1 aromatic rings. The summed E-state index contributed by atoms with van der Waals surface area (Å²) in [6, 6.07) is 7.43. The van der Waals surface area contributed by atoms with Gasteiger partial charge in [-0.3, -0.25) is 0 Å². The predicted octanol–water partition coefficient (Wildman–Crippen LogP) is 4.09. The first-order valence-corrected chi connectivity index (χ1v) is 7.41. The Morgan fingerprint density at radius 3 is 2.47 bits per heavy atom. The highest BCUT2D eigenvalue weighted by Gasteiger charge is 2.32. The van der Waals surface area contributed by atoms with Crippen molar-refractivity contribution in [3.05, 3.63) is 29.3 Å². The van der Waals surface area contributed by atoms with Gasteiger partial charge in [-0.2, -0.15) is 0 Å². The van der Waals surface area contributed by atoms with Crippen LogP contribution in [0.4, 0.5) is 0 Å². The van der Waals surface area contributed by atoms with E-state index in [1.54, 1.807) is 7.11 Å². The molecule has 0 radical (unpaired) electrons. The summed E-state index contributed by atoms with van der Waals surface area (Å²) in [5.74, 6) is 2.72. The van der Waals surface area contributed by atoms with Gasteiger partial charge in [0.2, 0.25) is 0 Å². The van der Waals surface area contributed by atoms with Crippen LogP contribution in [-0.4, -0.2) is 13.2 Å². The van der Waals surface area contributed by atoms with Crippen LogP contribution in [0.3, 0.4) is 0 Å². The van der Waals surface area contributed by atoms with Gasteiger partial charge < -0.3 is 10.1 Å². The molecule has 0 aliphatic heterocycles. The first kappa shape index (κ1) is 14.4. The molecule has 0 spiro atoms. The van der Waals surface area contributed by atoms with Crippen molar-refractivity contribution in [2.45, 2.75) is 52.6 Å². The van der Waals surface area contributed by atoms with Gasteiger partial charge in [-0.1, -0.05) is 31.5 Å². The van der Waals surface area contributed by atoms with E-state index in [0.717, 1.165) is 17.6 Å². The van der Waals surface area contributed by atoms with Crippen molar-refractivity contribution in [1.29, 1.82) is 0 Å². The molecule has 1 atom stereocenters. The van der Waals surface area contributed by atoms with Crippen molar-refractivity contribution < 1.29 is 4.74 Å². The van der Waals surface area contributed by atoms with E-state index in [9.17, 15) is 0 Å². The number of rotatable bonds is 5. The Bertz CT molecular complexity index is 421. The van der Waals surface area contributed by atoms with Crippen molar-refractivity contribution in [2.24, 2.45) is 11.8 Å². The lowest BCUT2D eigenvalue weighted by molar-refractivity contribution is 0.159. The summed E-state index contributed by atoms with van der Waals surface area (Å²) in [5.41, 5.74) is 2.56. The van der Waals surface area contributed by atoms with E-state index >= 15 is 0 Å². The van der Waals surface area contributed by atoms with Crippen LogP contribution in [0.15, 0.2) is 18.2 Å². The van der Waals surface area contributed by atoms with Crippen LogP contribution in [0.5, 0.6) is 5.75 Å². The highest BCUT2D eigenvalue weighted by atomic mass is 16.5. The largest absolute Gasteiger partial charge is 0.496 e. The normalized spacial score (nSPS) is 24.1. The van der Waals surface area contributed by atoms with Crippen LogP contribution in [0.25, 0.3) is 0 Å². The molecule has 1 saturated carbocycles. The molecule has 1 aromatic carbocycles. The zero-order valence-electron chi connectivity index (χ0n) is 12.9. The minimum Gasteiger partial charge on any atom is -0.496 e. The number of nitrogens with one attached hydrogen (secondary N) is 1. The molecule has 0 amide bonds. The van der Waals surface area contributed by atoms with Crippen molar-refractivity contribution in [3.63, 3.8) is 0 Å². The summed E-state index contributed by atoms with van der Waals surface area (Å²) < 4.78 is 5.47. The predicted molar refractivity (Wildman–Crippen MR) is 80.6 cm³/mol. The lowest BCUT2D eigenvalue weighted by Gasteiger charge is -2.40. The van der Waals surface area contributed by atoms with E-state index < -0.39 is 0 Å². The molecule has 1 N–H and O–H groups in total. The van der Waals surface area contributed by atoms with E-state index in [-0.39, 0.29) is 0 Å². The van der Waals surface area contributed by atoms with E-state index in [4.69, 9.17) is 4.74 Å². The maximum Gasteiger partial charge on any atom is 0.123 e. The van der Waals surface area contributed by atoms with Crippen molar-refractivity contribution >= 4 is 0 Å². The van der Waals surface area contributed by atoms with Crippen molar-refractivity contribution in [2.75, 3.05) is 7.11 Å². The second-order valence-electron chi connectivity index (χ2n) is 6.31. The number of hydrogen-bond acceptors (Lipinski definition) is 2. The first-order valence-electron chi connectivity index (χ1n) is 7.41. The average molecular weight is 261 g/mol. The SMILES string of the molecule is COc1ccc(C)cc1C(C)NC1CC(C(C)C)C1. The molecule has 1 aliphatic carbocycles. The van der Waals surface area contributed by atoms with E-state index in [1.807, 2.05) is 0 Å². The average Bonchev–Trinajstić information content (AvgIpc) is 2.32. The van der Waals surface area contributed by atoms with Crippen LogP contribution in [0.1, 0.15) is 50.8 Å². The molecule has 2 heteroatoms. The number of aryl methyl sites for hydroxylation is 1. The minimum atomic E-state index is 0.355. The lowest BCUT2D eigenvalue weighted by atomic mass is 9.73. The Morgan fingerprint density at radius 1 is 1.21 bits per heavy atom. The van der Waals surface area contributed by atoms with Gasteiger partial charge in [-0.25, -0.2) is 0 Å². The molecule has 1 unspecified atom stereocenters. The Morgan fingerprint density at radius 2 is 1.89 bits per heavy atom. The van der Waals surface area contributed by atoms with Gasteiger partial charge in [-0.05, 0) is 44.6 Å². The molecule has 1 fully saturated rings. The molecule has 0 bridgehead atoms. The van der Waals surface area contributed by atoms with Crippen LogP contribution in [-0.2, 0) is 0 Å². The fraction of sp³-hybridized carbons (Fsp3) is 0.647. The number of ether oxygens (including phenoxy) is 1. The van der Waals surface area contributed by atoms with E-state index in [0.29, 0.717) is 12.1 Å². The third-order valence-electron chi connectivity index (χ3n) is 4.45. The Labute approximate surface area is 117 Å². The molecule has 106 valence electrons. The van der Waals surface area contributed by atoms with Gasteiger partial charge in [0.25, 0.3) is 0 Å². The van der Waals surface area contributed by atoms with Crippen LogP contribution in [0, 0.1) is 18.8 Å². The molecule has 0 heterocycles. The second kappa shape index (κ2) is 5.96. The molecule has 2 nitrogen and oxygen atoms in total. The van der Waals surface area contributed by atoms with Crippen LogP contribution >= 0.6 is 0 Å². The quantitative estimate of drug-likeness (QED) is 0.862. The maximum absolute atomic E-state index is 5.47. The number of methoxy groups -OCH3 is 1. The fourth-order valence-corrected chi connectivity index (χ4v) is 2.98. The molecule has 0 aromatic heterocycles. The topological polar surface area (TPSA) is 21.3 Å². The summed E-state index contributed by atoms with van der Waals surface area (Å²) in [7, 11) is 1.75. The third kappa shape index (κ3) is 3.30. The summed E-state index contributed by atoms with van der Waals surface area (Å²) in [6.07, 6.45) is 2.63. The van der Waals surface area contributed by atoms with Gasteiger partial charge in [0.15, 0.2) is 0 Å². The van der Waals surface area contributed by atoms with E-state index in [1.165, 1.54) is 24.0 Å². The molecule has 1 aliphatic rings. The maximum atomic E-state index is 5.47. The smallest absolute Gasteiger partial charge is 0.123 e. The van der Waals surface area contributed by atoms with Crippen LogP contribution < -0.4 is 10.1 Å². The molecule has 19 heavy (non-hydrogen) atoms. The van der Waals surface area contributed by atoms with Gasteiger partial charge in [0.05, 0.1) is 7.11 Å². The third-order valence-corrected chi connectivity index (χ3v) is 4.45. The van der Waals surface area contributed by atoms with Crippen molar-refractivity contribution in [1.82, 2.24) is 5.32 Å². The molecule has 2 rings (SSSR count). The number of hydrogen-bond donors (Lipinski definition) is 1. The molecule has 0 saturated heterocycles. The minimum absolute atomic E-state index is 0.355. The van der Waals surface area contributed by atoms with E-state index in [2.05, 4.69) is 51.2 Å². The second-order valence-corrected chi connectivity index (χ2v) is 6.31. The summed E-state index contributed by atoms with van der Waals surface area (Å²) >= 11 is 0. The highest BCUT2D eigenvalue weighted by molar-refractivity contribution is 5.39. The number of benzene rings is 1. The lowest BCUT2D eigenvalue weighted by Crippen LogP contribution is -2.44. The van der Waals surface area contributed by atoms with Gasteiger partial charge >= 0.3 is 0 Å².